The van der Waals surface area contributed by atoms with E-state index in [4.69, 9.17) is 10.8 Å². The minimum atomic E-state index is -0.828. The van der Waals surface area contributed by atoms with E-state index < -0.39 is 18.1 Å². The molecule has 0 aromatic rings. The fraction of sp³-hybridized carbons (Fsp3) is 0.846. The van der Waals surface area contributed by atoms with Gasteiger partial charge in [0.1, 0.15) is 6.04 Å². The van der Waals surface area contributed by atoms with Crippen LogP contribution >= 0.6 is 0 Å². The van der Waals surface area contributed by atoms with Crippen LogP contribution in [0.1, 0.15) is 27.7 Å². The van der Waals surface area contributed by atoms with Crippen LogP contribution in [0.5, 0.6) is 0 Å². The Labute approximate surface area is 114 Å². The topological polar surface area (TPSA) is 86.9 Å². The Hall–Kier alpha value is -1.14. The Balaban J connectivity index is 2.55. The van der Waals surface area contributed by atoms with Gasteiger partial charge in [-0.1, -0.05) is 20.8 Å². The maximum atomic E-state index is 12.2. The molecule has 1 aliphatic rings. The van der Waals surface area contributed by atoms with Crippen molar-refractivity contribution in [3.8, 4) is 0 Å². The number of carbonyl (C=O) groups is 2. The highest BCUT2D eigenvalue weighted by Crippen LogP contribution is 2.20. The highest BCUT2D eigenvalue weighted by Gasteiger charge is 2.33. The molecular formula is C13H25N3O3. The maximum absolute atomic E-state index is 12.2. The average molecular weight is 271 g/mol. The number of nitrogens with zero attached hydrogens (tertiary/aromatic N) is 2. The molecule has 1 saturated heterocycles. The highest BCUT2D eigenvalue weighted by molar-refractivity contribution is 5.82. The zero-order valence-electron chi connectivity index (χ0n) is 12.2. The van der Waals surface area contributed by atoms with E-state index >= 15 is 0 Å². The quantitative estimate of drug-likeness (QED) is 0.753. The summed E-state index contributed by atoms with van der Waals surface area (Å²) in [5.41, 5.74) is 5.71. The number of amides is 1. The Bertz CT molecular complexity index is 344. The van der Waals surface area contributed by atoms with Gasteiger partial charge in [-0.15, -0.1) is 0 Å². The molecule has 6 nitrogen and oxygen atoms in total. The molecule has 0 aliphatic carbocycles. The number of hydrogen-bond donors (Lipinski definition) is 2. The number of carbonyl (C=O) groups excluding carboxylic acids is 1. The maximum Gasteiger partial charge on any atom is 0.320 e. The van der Waals surface area contributed by atoms with E-state index in [-0.39, 0.29) is 11.3 Å². The number of hydrogen-bond acceptors (Lipinski definition) is 4. The van der Waals surface area contributed by atoms with Crippen LogP contribution in [-0.2, 0) is 9.59 Å². The third kappa shape index (κ3) is 3.91. The second-order valence-electron chi connectivity index (χ2n) is 6.22. The molecule has 6 heteroatoms. The van der Waals surface area contributed by atoms with Gasteiger partial charge in [0, 0.05) is 26.2 Å². The number of carboxylic acids is 1. The second-order valence-corrected chi connectivity index (χ2v) is 6.22. The molecule has 0 spiro atoms. The van der Waals surface area contributed by atoms with Crippen molar-refractivity contribution >= 4 is 11.9 Å². The third-order valence-corrected chi connectivity index (χ3v) is 3.73. The summed E-state index contributed by atoms with van der Waals surface area (Å²) in [6, 6.07) is -1.02. The summed E-state index contributed by atoms with van der Waals surface area (Å²) in [6.07, 6.45) is 0. The number of piperazine rings is 1. The molecule has 1 unspecified atom stereocenters. The van der Waals surface area contributed by atoms with E-state index in [1.807, 2.05) is 25.7 Å². The van der Waals surface area contributed by atoms with Crippen molar-refractivity contribution in [3.63, 3.8) is 0 Å². The lowest BCUT2D eigenvalue weighted by Gasteiger charge is -2.39. The molecule has 0 bridgehead atoms. The number of nitrogens with two attached hydrogens (primary N) is 1. The third-order valence-electron chi connectivity index (χ3n) is 3.73. The fourth-order valence-electron chi connectivity index (χ4n) is 2.05. The molecule has 0 saturated carbocycles. The normalized spacial score (nSPS) is 21.0. The zero-order chi connectivity index (χ0) is 14.8. The summed E-state index contributed by atoms with van der Waals surface area (Å²) in [7, 11) is 0. The van der Waals surface area contributed by atoms with E-state index in [1.54, 1.807) is 11.8 Å². The van der Waals surface area contributed by atoms with Gasteiger partial charge < -0.3 is 15.7 Å². The monoisotopic (exact) mass is 271 g/mol. The summed E-state index contributed by atoms with van der Waals surface area (Å²) in [6.45, 7) is 9.74. The molecule has 0 radical (unpaired) electrons. The van der Waals surface area contributed by atoms with Gasteiger partial charge >= 0.3 is 5.97 Å². The van der Waals surface area contributed by atoms with Crippen molar-refractivity contribution in [2.24, 2.45) is 11.1 Å². The van der Waals surface area contributed by atoms with E-state index in [2.05, 4.69) is 0 Å². The molecule has 1 rings (SSSR count). The predicted molar refractivity (Wildman–Crippen MR) is 72.7 cm³/mol. The van der Waals surface area contributed by atoms with Crippen LogP contribution in [0.15, 0.2) is 0 Å². The van der Waals surface area contributed by atoms with Crippen LogP contribution in [0.3, 0.4) is 0 Å². The largest absolute Gasteiger partial charge is 0.480 e. The van der Waals surface area contributed by atoms with Crippen molar-refractivity contribution in [1.82, 2.24) is 9.80 Å². The Morgan fingerprint density at radius 3 is 2.00 bits per heavy atom. The summed E-state index contributed by atoms with van der Waals surface area (Å²) < 4.78 is 0. The summed E-state index contributed by atoms with van der Waals surface area (Å²) >= 11 is 0. The van der Waals surface area contributed by atoms with E-state index in [0.717, 1.165) is 0 Å². The highest BCUT2D eigenvalue weighted by atomic mass is 16.4. The molecule has 3 N–H and O–H groups in total. The SMILES string of the molecule is CC(C(=O)O)N1CCN(C(=O)[C@H](N)C(C)(C)C)CC1. The van der Waals surface area contributed by atoms with Crippen LogP contribution in [-0.4, -0.2) is 65.0 Å². The number of rotatable bonds is 3. The van der Waals surface area contributed by atoms with Crippen molar-refractivity contribution < 1.29 is 14.7 Å². The van der Waals surface area contributed by atoms with Crippen LogP contribution in [0.2, 0.25) is 0 Å². The molecule has 0 aromatic carbocycles. The molecular weight excluding hydrogens is 246 g/mol. The molecule has 1 aliphatic heterocycles. The lowest BCUT2D eigenvalue weighted by atomic mass is 9.86. The minimum Gasteiger partial charge on any atom is -0.480 e. The Morgan fingerprint density at radius 1 is 1.16 bits per heavy atom. The summed E-state index contributed by atoms with van der Waals surface area (Å²) in [5, 5.41) is 8.96. The van der Waals surface area contributed by atoms with Crippen molar-refractivity contribution in [1.29, 1.82) is 0 Å². The average Bonchev–Trinajstić information content (AvgIpc) is 2.35. The molecule has 1 fully saturated rings. The van der Waals surface area contributed by atoms with Crippen molar-refractivity contribution in [2.45, 2.75) is 39.8 Å². The Kier molecular flexibility index (Phi) is 4.92. The first-order chi connectivity index (χ1) is 8.64. The van der Waals surface area contributed by atoms with Gasteiger partial charge in [-0.2, -0.15) is 0 Å². The predicted octanol–water partition coefficient (Wildman–Crippen LogP) is -0.0229. The lowest BCUT2D eigenvalue weighted by Crippen LogP contribution is -2.58. The van der Waals surface area contributed by atoms with Gasteiger partial charge in [0.15, 0.2) is 0 Å². The van der Waals surface area contributed by atoms with Crippen molar-refractivity contribution in [3.05, 3.63) is 0 Å². The zero-order valence-corrected chi connectivity index (χ0v) is 12.2. The van der Waals surface area contributed by atoms with Gasteiger partial charge in [-0.25, -0.2) is 0 Å². The summed E-state index contributed by atoms with van der Waals surface area (Å²) in [4.78, 5) is 26.7. The first-order valence-corrected chi connectivity index (χ1v) is 6.66. The second kappa shape index (κ2) is 5.88. The van der Waals surface area contributed by atoms with E-state index in [0.29, 0.717) is 26.2 Å². The Morgan fingerprint density at radius 2 is 1.63 bits per heavy atom. The molecule has 110 valence electrons. The van der Waals surface area contributed by atoms with Gasteiger partial charge in [0.05, 0.1) is 6.04 Å². The first kappa shape index (κ1) is 15.9. The molecule has 1 amide bonds. The number of aliphatic carboxylic acids is 1. The smallest absolute Gasteiger partial charge is 0.320 e. The van der Waals surface area contributed by atoms with Crippen LogP contribution in [0.4, 0.5) is 0 Å². The molecule has 0 aromatic heterocycles. The molecule has 1 heterocycles. The van der Waals surface area contributed by atoms with Gasteiger partial charge in [0.2, 0.25) is 5.91 Å². The van der Waals surface area contributed by atoms with Crippen LogP contribution in [0, 0.1) is 5.41 Å². The van der Waals surface area contributed by atoms with Gasteiger partial charge in [-0.3, -0.25) is 14.5 Å². The first-order valence-electron chi connectivity index (χ1n) is 6.66. The number of carboxylic acid groups (broad SMARTS) is 1. The van der Waals surface area contributed by atoms with E-state index in [9.17, 15) is 9.59 Å². The lowest BCUT2D eigenvalue weighted by molar-refractivity contribution is -0.144. The van der Waals surface area contributed by atoms with Crippen LogP contribution in [0.25, 0.3) is 0 Å². The summed E-state index contributed by atoms with van der Waals surface area (Å²) in [5.74, 6) is -0.874. The van der Waals surface area contributed by atoms with Crippen molar-refractivity contribution in [2.75, 3.05) is 26.2 Å². The minimum absolute atomic E-state index is 0.0462. The van der Waals surface area contributed by atoms with E-state index in [1.165, 1.54) is 0 Å². The molecule has 2 atom stereocenters. The van der Waals surface area contributed by atoms with Gasteiger partial charge in [-0.05, 0) is 12.3 Å². The standard InChI is InChI=1S/C13H25N3O3/c1-9(12(18)19)15-5-7-16(8-6-15)11(17)10(14)13(2,3)4/h9-10H,5-8,14H2,1-4H3,(H,18,19)/t9?,10-/m0/s1. The molecule has 19 heavy (non-hydrogen) atoms. The fourth-order valence-corrected chi connectivity index (χ4v) is 2.05. The van der Waals surface area contributed by atoms with Gasteiger partial charge in [0.25, 0.3) is 0 Å². The van der Waals surface area contributed by atoms with Crippen LogP contribution < -0.4 is 5.73 Å².